The van der Waals surface area contributed by atoms with Gasteiger partial charge in [-0.1, -0.05) is 45.1 Å². The highest BCUT2D eigenvalue weighted by Gasteiger charge is 2.45. The molecule has 0 radical (unpaired) electrons. The minimum Gasteiger partial charge on any atom is -0.493 e. The van der Waals surface area contributed by atoms with E-state index in [1.54, 1.807) is 19.1 Å². The molecule has 6 heteroatoms. The lowest BCUT2D eigenvalue weighted by molar-refractivity contribution is -0.140. The van der Waals surface area contributed by atoms with Gasteiger partial charge in [0, 0.05) is 19.1 Å². The Morgan fingerprint density at radius 2 is 1.44 bits per heavy atom. The number of ether oxygens (including phenoxy) is 2. The molecule has 3 aliphatic rings. The highest BCUT2D eigenvalue weighted by Crippen LogP contribution is 2.39. The molecule has 0 bridgehead atoms. The van der Waals surface area contributed by atoms with Gasteiger partial charge in [-0.25, -0.2) is 0 Å². The van der Waals surface area contributed by atoms with Gasteiger partial charge >= 0.3 is 0 Å². The number of nitrogens with zero attached hydrogens (tertiary/aromatic N) is 2. The third-order valence-electron chi connectivity index (χ3n) is 7.30. The van der Waals surface area contributed by atoms with Crippen LogP contribution < -0.4 is 9.47 Å². The first-order chi connectivity index (χ1) is 15.5. The summed E-state index contributed by atoms with van der Waals surface area (Å²) in [6, 6.07) is 5.50. The Bertz CT molecular complexity index is 878. The zero-order valence-electron chi connectivity index (χ0n) is 19.7. The van der Waals surface area contributed by atoms with Crippen LogP contribution in [0.2, 0.25) is 0 Å². The van der Waals surface area contributed by atoms with Crippen molar-refractivity contribution in [3.05, 3.63) is 29.5 Å². The number of amides is 2. The fourth-order valence-electron chi connectivity index (χ4n) is 5.34. The van der Waals surface area contributed by atoms with Crippen LogP contribution in [0.5, 0.6) is 11.5 Å². The quantitative estimate of drug-likeness (QED) is 0.625. The van der Waals surface area contributed by atoms with Gasteiger partial charge in [-0.2, -0.15) is 0 Å². The van der Waals surface area contributed by atoms with Crippen LogP contribution in [0.3, 0.4) is 0 Å². The second-order valence-corrected chi connectivity index (χ2v) is 9.44. The average Bonchev–Trinajstić information content (AvgIpc) is 3.04. The molecule has 1 saturated heterocycles. The lowest BCUT2D eigenvalue weighted by Crippen LogP contribution is -2.43. The second-order valence-electron chi connectivity index (χ2n) is 9.44. The Hall–Kier alpha value is -2.50. The van der Waals surface area contributed by atoms with Gasteiger partial charge in [0.25, 0.3) is 11.8 Å². The number of benzene rings is 1. The van der Waals surface area contributed by atoms with Gasteiger partial charge in [0.05, 0.1) is 19.8 Å². The third-order valence-corrected chi connectivity index (χ3v) is 7.30. The zero-order valence-corrected chi connectivity index (χ0v) is 19.7. The minimum absolute atomic E-state index is 0.00772. The molecule has 1 aromatic rings. The molecule has 0 unspecified atom stereocenters. The van der Waals surface area contributed by atoms with Crippen LogP contribution in [0, 0.1) is 5.92 Å². The van der Waals surface area contributed by atoms with Gasteiger partial charge in [-0.05, 0) is 49.3 Å². The maximum absolute atomic E-state index is 13.8. The monoisotopic (exact) mass is 440 g/mol. The molecule has 0 spiro atoms. The Morgan fingerprint density at radius 1 is 0.812 bits per heavy atom. The molecule has 6 nitrogen and oxygen atoms in total. The topological polar surface area (TPSA) is 59.1 Å². The first kappa shape index (κ1) is 22.7. The summed E-state index contributed by atoms with van der Waals surface area (Å²) in [5.41, 5.74) is 1.83. The van der Waals surface area contributed by atoms with Crippen LogP contribution in [0.25, 0.3) is 5.57 Å². The molecule has 0 N–H and O–H groups in total. The number of piperidine rings is 1. The molecule has 1 saturated carbocycles. The minimum atomic E-state index is -0.151. The molecule has 0 aromatic heterocycles. The summed E-state index contributed by atoms with van der Waals surface area (Å²) in [6.07, 6.45) is 9.64. The van der Waals surface area contributed by atoms with E-state index in [0.29, 0.717) is 28.7 Å². The normalized spacial score (nSPS) is 21.7. The second kappa shape index (κ2) is 9.97. The lowest BCUT2D eigenvalue weighted by Gasteiger charge is -2.33. The van der Waals surface area contributed by atoms with E-state index < -0.39 is 0 Å². The van der Waals surface area contributed by atoms with Crippen molar-refractivity contribution in [3.63, 3.8) is 0 Å². The predicted octanol–water partition coefficient (Wildman–Crippen LogP) is 4.63. The standard InChI is InChI=1S/C26H36N2O4/c1-18-13-15-27(16-14-18)24-23(19-11-12-21(31-2)22(17-19)32-3)25(29)28(26(24)30)20-9-7-5-4-6-8-10-20/h11-12,17-18,20H,4-10,13-16H2,1-3H3. The SMILES string of the molecule is COc1ccc(C2=C(N3CCC(C)CC3)C(=O)N(C3CCCCCCC3)C2=O)cc1OC. The number of carbonyl (C=O) groups excluding carboxylic acids is 2. The van der Waals surface area contributed by atoms with Crippen LogP contribution in [0.15, 0.2) is 23.9 Å². The molecule has 2 heterocycles. The summed E-state index contributed by atoms with van der Waals surface area (Å²) in [7, 11) is 3.18. The van der Waals surface area contributed by atoms with Crippen molar-refractivity contribution in [2.75, 3.05) is 27.3 Å². The fraction of sp³-hybridized carbons (Fsp3) is 0.615. The molecule has 1 aliphatic carbocycles. The summed E-state index contributed by atoms with van der Waals surface area (Å²) in [6.45, 7) is 3.87. The van der Waals surface area contributed by atoms with Gasteiger partial charge in [0.1, 0.15) is 5.70 Å². The van der Waals surface area contributed by atoms with Gasteiger partial charge < -0.3 is 14.4 Å². The molecule has 2 aliphatic heterocycles. The largest absolute Gasteiger partial charge is 0.493 e. The first-order valence-corrected chi connectivity index (χ1v) is 12.1. The number of methoxy groups -OCH3 is 2. The van der Waals surface area contributed by atoms with E-state index in [4.69, 9.17) is 9.47 Å². The zero-order chi connectivity index (χ0) is 22.7. The van der Waals surface area contributed by atoms with Crippen LogP contribution >= 0.6 is 0 Å². The van der Waals surface area contributed by atoms with E-state index in [1.807, 2.05) is 18.2 Å². The van der Waals surface area contributed by atoms with E-state index in [2.05, 4.69) is 11.8 Å². The average molecular weight is 441 g/mol. The summed E-state index contributed by atoms with van der Waals surface area (Å²) in [5.74, 6) is 1.55. The predicted molar refractivity (Wildman–Crippen MR) is 124 cm³/mol. The number of hydrogen-bond acceptors (Lipinski definition) is 5. The number of carbonyl (C=O) groups is 2. The first-order valence-electron chi connectivity index (χ1n) is 12.1. The van der Waals surface area contributed by atoms with E-state index >= 15 is 0 Å². The smallest absolute Gasteiger partial charge is 0.278 e. The number of imide groups is 1. The number of rotatable bonds is 5. The maximum atomic E-state index is 13.8. The highest BCUT2D eigenvalue weighted by atomic mass is 16.5. The summed E-state index contributed by atoms with van der Waals surface area (Å²) >= 11 is 0. The van der Waals surface area contributed by atoms with Crippen LogP contribution in [-0.2, 0) is 9.59 Å². The molecule has 0 atom stereocenters. The molecule has 2 amide bonds. The van der Waals surface area contributed by atoms with E-state index in [-0.39, 0.29) is 17.9 Å². The van der Waals surface area contributed by atoms with Crippen molar-refractivity contribution in [2.45, 2.75) is 70.8 Å². The van der Waals surface area contributed by atoms with Gasteiger partial charge in [-0.15, -0.1) is 0 Å². The molecular formula is C26H36N2O4. The summed E-state index contributed by atoms with van der Waals surface area (Å²) in [4.78, 5) is 31.4. The van der Waals surface area contributed by atoms with Crippen LogP contribution in [0.4, 0.5) is 0 Å². The third kappa shape index (κ3) is 4.37. The maximum Gasteiger partial charge on any atom is 0.278 e. The molecule has 2 fully saturated rings. The summed E-state index contributed by atoms with van der Waals surface area (Å²) in [5, 5.41) is 0. The van der Waals surface area contributed by atoms with Crippen molar-refractivity contribution in [2.24, 2.45) is 5.92 Å². The molecule has 32 heavy (non-hydrogen) atoms. The Kier molecular flexibility index (Phi) is 7.07. The Labute approximate surface area is 191 Å². The Morgan fingerprint density at radius 3 is 2.06 bits per heavy atom. The van der Waals surface area contributed by atoms with Gasteiger partial charge in [0.15, 0.2) is 11.5 Å². The van der Waals surface area contributed by atoms with E-state index in [9.17, 15) is 9.59 Å². The van der Waals surface area contributed by atoms with Crippen molar-refractivity contribution in [1.29, 1.82) is 0 Å². The molecule has 1 aromatic carbocycles. The van der Waals surface area contributed by atoms with Crippen LogP contribution in [0.1, 0.15) is 70.3 Å². The summed E-state index contributed by atoms with van der Waals surface area (Å²) < 4.78 is 10.9. The molecular weight excluding hydrogens is 404 g/mol. The van der Waals surface area contributed by atoms with Gasteiger partial charge in [-0.3, -0.25) is 14.5 Å². The van der Waals surface area contributed by atoms with E-state index in [0.717, 1.165) is 57.2 Å². The van der Waals surface area contributed by atoms with E-state index in [1.165, 1.54) is 19.3 Å². The fourth-order valence-corrected chi connectivity index (χ4v) is 5.34. The number of likely N-dealkylation sites (tertiary alicyclic amines) is 1. The number of hydrogen-bond donors (Lipinski definition) is 0. The van der Waals surface area contributed by atoms with Crippen molar-refractivity contribution < 1.29 is 19.1 Å². The van der Waals surface area contributed by atoms with Crippen molar-refractivity contribution in [1.82, 2.24) is 9.80 Å². The lowest BCUT2D eigenvalue weighted by atomic mass is 9.95. The van der Waals surface area contributed by atoms with Gasteiger partial charge in [0.2, 0.25) is 0 Å². The van der Waals surface area contributed by atoms with Crippen molar-refractivity contribution in [3.8, 4) is 11.5 Å². The molecule has 174 valence electrons. The molecule has 4 rings (SSSR count). The van der Waals surface area contributed by atoms with Crippen molar-refractivity contribution >= 4 is 17.4 Å². The Balaban J connectivity index is 1.74. The van der Waals surface area contributed by atoms with Crippen LogP contribution in [-0.4, -0.2) is 55.0 Å². The highest BCUT2D eigenvalue weighted by molar-refractivity contribution is 6.35.